The number of aromatic nitrogens is 2. The monoisotopic (exact) mass is 418 g/mol. The van der Waals surface area contributed by atoms with Gasteiger partial charge in [-0.15, -0.1) is 0 Å². The maximum Gasteiger partial charge on any atom is 0.163 e. The molecule has 2 aromatic rings. The van der Waals surface area contributed by atoms with Crippen LogP contribution in [-0.2, 0) is 0 Å². The summed E-state index contributed by atoms with van der Waals surface area (Å²) in [5, 5.41) is 7.39. The average molecular weight is 419 g/mol. The Morgan fingerprint density at radius 2 is 2.11 bits per heavy atom. The average Bonchev–Trinajstić information content (AvgIpc) is 3.51. The van der Waals surface area contributed by atoms with Crippen molar-refractivity contribution in [1.82, 2.24) is 15.3 Å². The molecule has 3 rings (SSSR count). The van der Waals surface area contributed by atoms with Gasteiger partial charge >= 0.3 is 0 Å². The minimum Gasteiger partial charge on any atom is -0.394 e. The summed E-state index contributed by atoms with van der Waals surface area (Å²) in [6, 6.07) is 7.40. The molecule has 0 aliphatic heterocycles. The van der Waals surface area contributed by atoms with E-state index in [1.54, 1.807) is 24.4 Å². The smallest absolute Gasteiger partial charge is 0.163 e. The molecule has 1 saturated carbocycles. The number of nitrogens with one attached hydrogen (secondary N) is 2. The molecular formula is C20H24Cl2N6. The molecule has 0 saturated heterocycles. The van der Waals surface area contributed by atoms with Gasteiger partial charge in [-0.1, -0.05) is 23.2 Å². The summed E-state index contributed by atoms with van der Waals surface area (Å²) >= 11 is 12.4. The van der Waals surface area contributed by atoms with Crippen LogP contribution in [0.2, 0.25) is 10.0 Å². The van der Waals surface area contributed by atoms with Crippen LogP contribution in [-0.4, -0.2) is 35.9 Å². The Bertz CT molecular complexity index is 877. The van der Waals surface area contributed by atoms with E-state index in [4.69, 9.17) is 33.9 Å². The molecule has 6 nitrogen and oxygen atoms in total. The zero-order chi connectivity index (χ0) is 19.9. The van der Waals surface area contributed by atoms with Crippen molar-refractivity contribution in [1.29, 1.82) is 0 Å². The lowest BCUT2D eigenvalue weighted by molar-refractivity contribution is 0.867. The quantitative estimate of drug-likeness (QED) is 0.322. The molecule has 0 radical (unpaired) electrons. The summed E-state index contributed by atoms with van der Waals surface area (Å²) in [4.78, 5) is 13.7. The molecule has 1 aliphatic carbocycles. The number of amidine groups is 1. The first-order valence-electron chi connectivity index (χ1n) is 9.29. The summed E-state index contributed by atoms with van der Waals surface area (Å²) in [5.41, 5.74) is 7.62. The van der Waals surface area contributed by atoms with Crippen LogP contribution in [0.15, 0.2) is 41.5 Å². The summed E-state index contributed by atoms with van der Waals surface area (Å²) in [6.45, 7) is 1.38. The van der Waals surface area contributed by atoms with Crippen LogP contribution in [0.3, 0.4) is 0 Å². The number of anilines is 1. The number of hydrogen-bond acceptors (Lipinski definition) is 5. The fourth-order valence-corrected chi connectivity index (χ4v) is 3.15. The molecule has 8 heteroatoms. The van der Waals surface area contributed by atoms with Gasteiger partial charge in [-0.05, 0) is 49.7 Å². The van der Waals surface area contributed by atoms with Gasteiger partial charge in [-0.3, -0.25) is 4.99 Å². The van der Waals surface area contributed by atoms with Gasteiger partial charge in [0.1, 0.15) is 11.7 Å². The van der Waals surface area contributed by atoms with E-state index in [0.29, 0.717) is 34.2 Å². The Morgan fingerprint density at radius 1 is 1.29 bits per heavy atom. The van der Waals surface area contributed by atoms with Gasteiger partial charge in [0, 0.05) is 48.4 Å². The summed E-state index contributed by atoms with van der Waals surface area (Å²) in [5.74, 6) is 2.43. The van der Waals surface area contributed by atoms with Gasteiger partial charge in [-0.25, -0.2) is 9.97 Å². The Kier molecular flexibility index (Phi) is 7.12. The van der Waals surface area contributed by atoms with Crippen LogP contribution < -0.4 is 16.4 Å². The topological polar surface area (TPSA) is 88.2 Å². The summed E-state index contributed by atoms with van der Waals surface area (Å²) < 4.78 is 0. The largest absolute Gasteiger partial charge is 0.394 e. The summed E-state index contributed by atoms with van der Waals surface area (Å²) in [6.07, 6.45) is 6.66. The second-order valence-corrected chi connectivity index (χ2v) is 7.45. The maximum atomic E-state index is 6.35. The van der Waals surface area contributed by atoms with Crippen molar-refractivity contribution in [3.63, 3.8) is 0 Å². The molecule has 1 aliphatic rings. The van der Waals surface area contributed by atoms with Crippen LogP contribution >= 0.6 is 23.2 Å². The highest BCUT2D eigenvalue weighted by Gasteiger charge is 2.26. The van der Waals surface area contributed by atoms with Crippen LogP contribution in [0.4, 0.5) is 5.82 Å². The molecule has 0 unspecified atom stereocenters. The minimum absolute atomic E-state index is 0.507. The second kappa shape index (κ2) is 9.75. The van der Waals surface area contributed by atoms with Crippen LogP contribution in [0.25, 0.3) is 11.4 Å². The fourth-order valence-electron chi connectivity index (χ4n) is 2.66. The Morgan fingerprint density at radius 3 is 2.82 bits per heavy atom. The third kappa shape index (κ3) is 5.84. The van der Waals surface area contributed by atoms with Gasteiger partial charge in [0.05, 0.1) is 5.02 Å². The predicted octanol–water partition coefficient (Wildman–Crippen LogP) is 4.22. The van der Waals surface area contributed by atoms with Crippen molar-refractivity contribution in [3.05, 3.63) is 52.3 Å². The molecule has 1 heterocycles. The molecule has 0 atom stereocenters. The molecule has 0 spiro atoms. The number of benzene rings is 1. The molecule has 1 aromatic heterocycles. The zero-order valence-electron chi connectivity index (χ0n) is 15.8. The van der Waals surface area contributed by atoms with E-state index >= 15 is 0 Å². The highest BCUT2D eigenvalue weighted by molar-refractivity contribution is 6.36. The Labute approximate surface area is 175 Å². The first-order valence-corrected chi connectivity index (χ1v) is 10.0. The van der Waals surface area contributed by atoms with Crippen molar-refractivity contribution in [3.8, 4) is 11.4 Å². The first kappa shape index (κ1) is 20.4. The van der Waals surface area contributed by atoms with Crippen LogP contribution in [0, 0.1) is 0 Å². The summed E-state index contributed by atoms with van der Waals surface area (Å²) in [7, 11) is 1.82. The maximum absolute atomic E-state index is 6.35. The minimum atomic E-state index is 0.507. The van der Waals surface area contributed by atoms with Crippen molar-refractivity contribution in [2.75, 3.05) is 25.5 Å². The number of halogens is 2. The molecule has 1 aromatic carbocycles. The van der Waals surface area contributed by atoms with E-state index in [1.165, 1.54) is 12.8 Å². The van der Waals surface area contributed by atoms with E-state index < -0.39 is 0 Å². The Balaban J connectivity index is 1.67. The number of aliphatic imine (C=N–C) groups is 1. The molecule has 1 fully saturated rings. The van der Waals surface area contributed by atoms with E-state index in [2.05, 4.69) is 20.6 Å². The normalized spacial score (nSPS) is 14.5. The van der Waals surface area contributed by atoms with Gasteiger partial charge in [-0.2, -0.15) is 0 Å². The van der Waals surface area contributed by atoms with E-state index in [9.17, 15) is 0 Å². The lowest BCUT2D eigenvalue weighted by atomic mass is 10.2. The number of rotatable bonds is 9. The zero-order valence-corrected chi connectivity index (χ0v) is 17.3. The molecule has 4 N–H and O–H groups in total. The molecule has 0 bridgehead atoms. The highest BCUT2D eigenvalue weighted by Crippen LogP contribution is 2.40. The molecule has 28 heavy (non-hydrogen) atoms. The van der Waals surface area contributed by atoms with Gasteiger partial charge in [0.15, 0.2) is 5.82 Å². The highest BCUT2D eigenvalue weighted by atomic mass is 35.5. The van der Waals surface area contributed by atoms with Crippen molar-refractivity contribution >= 4 is 34.9 Å². The SMILES string of the molecule is CNC=CC(N)=NCCCNc1cc(C2CC2)nc(-c2ccc(Cl)cc2Cl)n1. The first-order chi connectivity index (χ1) is 13.6. The second-order valence-electron chi connectivity index (χ2n) is 6.61. The van der Waals surface area contributed by atoms with Crippen molar-refractivity contribution in [2.45, 2.75) is 25.2 Å². The lowest BCUT2D eigenvalue weighted by Crippen LogP contribution is -2.12. The number of nitrogens with zero attached hydrogens (tertiary/aromatic N) is 3. The van der Waals surface area contributed by atoms with Gasteiger partial charge in [0.2, 0.25) is 0 Å². The predicted molar refractivity (Wildman–Crippen MR) is 117 cm³/mol. The molecule has 148 valence electrons. The number of nitrogens with two attached hydrogens (primary N) is 1. The third-order valence-electron chi connectivity index (χ3n) is 4.27. The standard InChI is InChI=1S/C20H24Cl2N6/c1-24-10-7-18(23)25-8-2-9-26-19-12-17(13-3-4-13)27-20(28-19)15-6-5-14(21)11-16(15)22/h5-7,10-13,24H,2-4,8-9H2,1H3,(H2,23,25)(H,26,27,28). The van der Waals surface area contributed by atoms with Gasteiger partial charge in [0.25, 0.3) is 0 Å². The lowest BCUT2D eigenvalue weighted by Gasteiger charge is -2.11. The fraction of sp³-hybridized carbons (Fsp3) is 0.350. The van der Waals surface area contributed by atoms with Crippen LogP contribution in [0.5, 0.6) is 0 Å². The van der Waals surface area contributed by atoms with E-state index in [-0.39, 0.29) is 0 Å². The Hall–Kier alpha value is -2.31. The van der Waals surface area contributed by atoms with E-state index in [0.717, 1.165) is 30.0 Å². The third-order valence-corrected chi connectivity index (χ3v) is 4.82. The molecule has 0 amide bonds. The van der Waals surface area contributed by atoms with Crippen molar-refractivity contribution < 1.29 is 0 Å². The van der Waals surface area contributed by atoms with Gasteiger partial charge < -0.3 is 16.4 Å². The number of hydrogen-bond donors (Lipinski definition) is 3. The van der Waals surface area contributed by atoms with Crippen LogP contribution in [0.1, 0.15) is 30.9 Å². The molecular weight excluding hydrogens is 395 g/mol. The van der Waals surface area contributed by atoms with E-state index in [1.807, 2.05) is 19.2 Å². The van der Waals surface area contributed by atoms with Crippen molar-refractivity contribution in [2.24, 2.45) is 10.7 Å².